The van der Waals surface area contributed by atoms with Gasteiger partial charge in [-0.1, -0.05) is 54.1 Å². The Labute approximate surface area is 217 Å². The van der Waals surface area contributed by atoms with E-state index in [1.165, 1.54) is 5.56 Å². The second-order valence-electron chi connectivity index (χ2n) is 9.13. The summed E-state index contributed by atoms with van der Waals surface area (Å²) in [5.74, 6) is -0.288. The van der Waals surface area contributed by atoms with Crippen molar-refractivity contribution in [3.05, 3.63) is 95.6 Å². The number of aromatic carboxylic acids is 1. The number of amides is 1. The van der Waals surface area contributed by atoms with E-state index in [2.05, 4.69) is 32.6 Å². The number of carboxylic acid groups (broad SMARTS) is 1. The quantitative estimate of drug-likeness (QED) is 0.321. The molecule has 192 valence electrons. The summed E-state index contributed by atoms with van der Waals surface area (Å²) in [5.41, 5.74) is 4.06. The number of hydrogen-bond donors (Lipinski definition) is 3. The minimum atomic E-state index is -0.969. The van der Waals surface area contributed by atoms with Crippen LogP contribution in [0.15, 0.2) is 83.9 Å². The molecule has 3 N–H and O–H groups in total. The lowest BCUT2D eigenvalue weighted by Crippen LogP contribution is -2.52. The Hall–Kier alpha value is -4.17. The van der Waals surface area contributed by atoms with Crippen LogP contribution in [0.2, 0.25) is 0 Å². The number of anilines is 2. The molecule has 1 saturated heterocycles. The Balaban J connectivity index is 1.37. The molecule has 0 saturated carbocycles. The largest absolute Gasteiger partial charge is 0.478 e. The van der Waals surface area contributed by atoms with Gasteiger partial charge in [0.05, 0.1) is 12.1 Å². The van der Waals surface area contributed by atoms with Crippen LogP contribution in [0, 0.1) is 6.92 Å². The zero-order valence-corrected chi connectivity index (χ0v) is 21.1. The summed E-state index contributed by atoms with van der Waals surface area (Å²) in [4.78, 5) is 33.1. The van der Waals surface area contributed by atoms with E-state index in [1.807, 2.05) is 55.5 Å². The topological polar surface area (TPSA) is 97.3 Å². The van der Waals surface area contributed by atoms with Gasteiger partial charge in [-0.2, -0.15) is 0 Å². The predicted octanol–water partition coefficient (Wildman–Crippen LogP) is 3.96. The van der Waals surface area contributed by atoms with Crippen molar-refractivity contribution in [1.29, 1.82) is 0 Å². The molecule has 37 heavy (non-hydrogen) atoms. The standard InChI is InChI=1S/C29H33N5O3/c1-22-10-12-25(13-11-22)31-27(35)21-33-16-18-34(19-17-33)29(30-15-14-23-6-3-2-4-7-23)32-26-9-5-8-24(20-26)28(36)37/h2-13,20H,14-19,21H2,1H3,(H,30,32)(H,31,35)(H,36,37). The molecule has 3 aromatic rings. The average molecular weight is 500 g/mol. The van der Waals surface area contributed by atoms with Gasteiger partial charge in [0.15, 0.2) is 5.96 Å². The fraction of sp³-hybridized carbons (Fsp3) is 0.276. The van der Waals surface area contributed by atoms with Crippen molar-refractivity contribution in [3.8, 4) is 0 Å². The summed E-state index contributed by atoms with van der Waals surface area (Å²) in [5, 5.41) is 15.7. The van der Waals surface area contributed by atoms with Crippen molar-refractivity contribution in [1.82, 2.24) is 9.80 Å². The molecule has 8 nitrogen and oxygen atoms in total. The number of carbonyl (C=O) groups is 2. The summed E-state index contributed by atoms with van der Waals surface area (Å²) in [6, 6.07) is 24.7. The van der Waals surface area contributed by atoms with Gasteiger partial charge in [-0.3, -0.25) is 14.7 Å². The molecule has 0 spiro atoms. The van der Waals surface area contributed by atoms with E-state index in [1.54, 1.807) is 18.2 Å². The predicted molar refractivity (Wildman–Crippen MR) is 147 cm³/mol. The van der Waals surface area contributed by atoms with Crippen molar-refractivity contribution < 1.29 is 14.7 Å². The number of piperazine rings is 1. The minimum Gasteiger partial charge on any atom is -0.478 e. The van der Waals surface area contributed by atoms with Crippen LogP contribution in [-0.2, 0) is 11.2 Å². The van der Waals surface area contributed by atoms with Crippen LogP contribution in [0.25, 0.3) is 0 Å². The molecule has 1 amide bonds. The SMILES string of the molecule is Cc1ccc(NC(=O)CN2CCN(C(=NCCc3ccccc3)Nc3cccc(C(=O)O)c3)CC2)cc1. The van der Waals surface area contributed by atoms with E-state index in [-0.39, 0.29) is 11.5 Å². The van der Waals surface area contributed by atoms with Crippen LogP contribution >= 0.6 is 0 Å². The van der Waals surface area contributed by atoms with E-state index in [0.29, 0.717) is 37.8 Å². The van der Waals surface area contributed by atoms with E-state index >= 15 is 0 Å². The van der Waals surface area contributed by atoms with Crippen molar-refractivity contribution in [3.63, 3.8) is 0 Å². The highest BCUT2D eigenvalue weighted by Gasteiger charge is 2.22. The highest BCUT2D eigenvalue weighted by Crippen LogP contribution is 2.14. The lowest BCUT2D eigenvalue weighted by Gasteiger charge is -2.36. The summed E-state index contributed by atoms with van der Waals surface area (Å²) in [6.07, 6.45) is 0.806. The first-order valence-electron chi connectivity index (χ1n) is 12.5. The van der Waals surface area contributed by atoms with Gasteiger partial charge >= 0.3 is 5.97 Å². The fourth-order valence-corrected chi connectivity index (χ4v) is 4.17. The molecule has 1 fully saturated rings. The second kappa shape index (κ2) is 12.7. The number of nitrogens with one attached hydrogen (secondary N) is 2. The van der Waals surface area contributed by atoms with Gasteiger partial charge in [0.2, 0.25) is 5.91 Å². The average Bonchev–Trinajstić information content (AvgIpc) is 2.91. The van der Waals surface area contributed by atoms with Gasteiger partial charge in [-0.15, -0.1) is 0 Å². The number of aryl methyl sites for hydroxylation is 1. The Bertz CT molecular complexity index is 1220. The number of carbonyl (C=O) groups excluding carboxylic acids is 1. The third-order valence-electron chi connectivity index (χ3n) is 6.24. The van der Waals surface area contributed by atoms with Crippen LogP contribution in [0.5, 0.6) is 0 Å². The van der Waals surface area contributed by atoms with Gasteiger partial charge in [0.25, 0.3) is 0 Å². The smallest absolute Gasteiger partial charge is 0.335 e. The number of benzene rings is 3. The summed E-state index contributed by atoms with van der Waals surface area (Å²) in [6.45, 7) is 5.79. The Morgan fingerprint density at radius 3 is 2.30 bits per heavy atom. The number of rotatable bonds is 8. The van der Waals surface area contributed by atoms with E-state index in [0.717, 1.165) is 30.8 Å². The van der Waals surface area contributed by atoms with Crippen molar-refractivity contribution in [2.24, 2.45) is 4.99 Å². The third kappa shape index (κ3) is 7.91. The maximum Gasteiger partial charge on any atom is 0.335 e. The first-order valence-corrected chi connectivity index (χ1v) is 12.5. The number of hydrogen-bond acceptors (Lipinski definition) is 4. The van der Waals surface area contributed by atoms with Crippen molar-refractivity contribution in [2.45, 2.75) is 13.3 Å². The molecule has 0 aromatic heterocycles. The summed E-state index contributed by atoms with van der Waals surface area (Å²) in [7, 11) is 0. The molecule has 8 heteroatoms. The monoisotopic (exact) mass is 499 g/mol. The van der Waals surface area contributed by atoms with E-state index < -0.39 is 5.97 Å². The van der Waals surface area contributed by atoms with Gasteiger partial charge in [0, 0.05) is 44.1 Å². The van der Waals surface area contributed by atoms with Gasteiger partial charge in [-0.25, -0.2) is 4.79 Å². The van der Waals surface area contributed by atoms with Gasteiger partial charge in [0.1, 0.15) is 0 Å². The third-order valence-corrected chi connectivity index (χ3v) is 6.24. The fourth-order valence-electron chi connectivity index (χ4n) is 4.17. The Kier molecular flexibility index (Phi) is 8.89. The van der Waals surface area contributed by atoms with Crippen LogP contribution in [0.1, 0.15) is 21.5 Å². The maximum absolute atomic E-state index is 12.5. The van der Waals surface area contributed by atoms with Crippen LogP contribution in [0.3, 0.4) is 0 Å². The van der Waals surface area contributed by atoms with E-state index in [4.69, 9.17) is 4.99 Å². The molecular formula is C29H33N5O3. The van der Waals surface area contributed by atoms with E-state index in [9.17, 15) is 14.7 Å². The Morgan fingerprint density at radius 2 is 1.59 bits per heavy atom. The first-order chi connectivity index (χ1) is 18.0. The molecule has 1 heterocycles. The zero-order valence-electron chi connectivity index (χ0n) is 21.1. The number of aliphatic imine (C=N–C) groups is 1. The molecule has 1 aliphatic rings. The van der Waals surface area contributed by atoms with Gasteiger partial charge in [-0.05, 0) is 49.2 Å². The van der Waals surface area contributed by atoms with Crippen LogP contribution < -0.4 is 10.6 Å². The lowest BCUT2D eigenvalue weighted by atomic mass is 10.1. The molecule has 0 radical (unpaired) electrons. The molecular weight excluding hydrogens is 466 g/mol. The minimum absolute atomic E-state index is 0.0299. The highest BCUT2D eigenvalue weighted by atomic mass is 16.4. The summed E-state index contributed by atoms with van der Waals surface area (Å²) >= 11 is 0. The second-order valence-corrected chi connectivity index (χ2v) is 9.13. The summed E-state index contributed by atoms with van der Waals surface area (Å²) < 4.78 is 0. The first kappa shape index (κ1) is 25.9. The lowest BCUT2D eigenvalue weighted by molar-refractivity contribution is -0.117. The normalized spacial score (nSPS) is 14.3. The molecule has 0 aliphatic carbocycles. The molecule has 0 bridgehead atoms. The highest BCUT2D eigenvalue weighted by molar-refractivity contribution is 5.96. The van der Waals surface area contributed by atoms with Crippen LogP contribution in [-0.4, -0.2) is 72.0 Å². The van der Waals surface area contributed by atoms with Crippen LogP contribution in [0.4, 0.5) is 11.4 Å². The van der Waals surface area contributed by atoms with Crippen molar-refractivity contribution in [2.75, 3.05) is 49.9 Å². The molecule has 1 aliphatic heterocycles. The maximum atomic E-state index is 12.5. The molecule has 0 unspecified atom stereocenters. The molecule has 4 rings (SSSR count). The number of nitrogens with zero attached hydrogens (tertiary/aromatic N) is 3. The molecule has 0 atom stereocenters. The number of guanidine groups is 1. The molecule has 3 aromatic carbocycles. The van der Waals surface area contributed by atoms with Crippen molar-refractivity contribution >= 4 is 29.2 Å². The number of carboxylic acids is 1. The Morgan fingerprint density at radius 1 is 0.865 bits per heavy atom. The van der Waals surface area contributed by atoms with Gasteiger partial charge < -0.3 is 20.6 Å². The zero-order chi connectivity index (χ0) is 26.0.